The van der Waals surface area contributed by atoms with E-state index in [-0.39, 0.29) is 0 Å². The highest BCUT2D eigenvalue weighted by molar-refractivity contribution is 7.09. The number of morpholine rings is 1. The number of hydrogen-bond donors (Lipinski definition) is 0. The monoisotopic (exact) mass is 302 g/mol. The summed E-state index contributed by atoms with van der Waals surface area (Å²) in [6.45, 7) is 4.16. The van der Waals surface area contributed by atoms with E-state index in [0.717, 1.165) is 26.2 Å². The summed E-state index contributed by atoms with van der Waals surface area (Å²) in [6, 6.07) is 9.23. The van der Waals surface area contributed by atoms with E-state index in [2.05, 4.69) is 51.5 Å². The molecule has 2 fully saturated rings. The minimum atomic E-state index is 0.418. The highest BCUT2D eigenvalue weighted by atomic mass is 32.1. The summed E-state index contributed by atoms with van der Waals surface area (Å²) in [7, 11) is 0. The molecule has 1 aliphatic carbocycles. The molecule has 3 nitrogen and oxygen atoms in total. The quantitative estimate of drug-likeness (QED) is 0.863. The van der Waals surface area contributed by atoms with Crippen LogP contribution in [0.2, 0.25) is 0 Å². The zero-order valence-corrected chi connectivity index (χ0v) is 13.0. The van der Waals surface area contributed by atoms with Crippen molar-refractivity contribution in [3.8, 4) is 0 Å². The number of rotatable bonds is 4. The Morgan fingerprint density at radius 3 is 2.90 bits per heavy atom. The predicted molar refractivity (Wildman–Crippen MR) is 85.4 cm³/mol. The zero-order chi connectivity index (χ0) is 14.1. The van der Waals surface area contributed by atoms with Gasteiger partial charge >= 0.3 is 0 Å². The molecule has 2 aromatic heterocycles. The van der Waals surface area contributed by atoms with E-state index < -0.39 is 0 Å². The molecule has 0 N–H and O–H groups in total. The Morgan fingerprint density at radius 2 is 2.10 bits per heavy atom. The van der Waals surface area contributed by atoms with Crippen LogP contribution in [0.5, 0.6) is 0 Å². The molecule has 0 bridgehead atoms. The molecule has 1 aliphatic heterocycles. The van der Waals surface area contributed by atoms with Gasteiger partial charge in [0.15, 0.2) is 0 Å². The lowest BCUT2D eigenvalue weighted by Crippen LogP contribution is -2.50. The molecule has 4 rings (SSSR count). The molecule has 0 spiro atoms. The topological polar surface area (TPSA) is 17.4 Å². The van der Waals surface area contributed by atoms with Gasteiger partial charge in [-0.1, -0.05) is 6.07 Å². The van der Waals surface area contributed by atoms with E-state index in [9.17, 15) is 0 Å². The van der Waals surface area contributed by atoms with E-state index in [1.54, 1.807) is 0 Å². The first-order valence-electron chi connectivity index (χ1n) is 7.89. The molecule has 0 aromatic carbocycles. The van der Waals surface area contributed by atoms with Crippen LogP contribution in [0.15, 0.2) is 42.0 Å². The van der Waals surface area contributed by atoms with Crippen molar-refractivity contribution in [2.24, 2.45) is 5.92 Å². The van der Waals surface area contributed by atoms with Crippen LogP contribution in [0, 0.1) is 5.92 Å². The molecular weight excluding hydrogens is 280 g/mol. The Labute approximate surface area is 130 Å². The minimum absolute atomic E-state index is 0.418. The second-order valence-corrected chi connectivity index (χ2v) is 7.20. The maximum atomic E-state index is 6.16. The molecular formula is C17H22N2OS. The summed E-state index contributed by atoms with van der Waals surface area (Å²) in [5, 5.41) is 2.18. The second-order valence-electron chi connectivity index (χ2n) is 6.17. The lowest BCUT2D eigenvalue weighted by molar-refractivity contribution is -0.0783. The third-order valence-corrected chi connectivity index (χ3v) is 5.75. The molecule has 0 radical (unpaired) electrons. The molecule has 1 saturated carbocycles. The van der Waals surface area contributed by atoms with E-state index in [4.69, 9.17) is 4.74 Å². The number of aromatic nitrogens is 1. The average molecular weight is 302 g/mol. The summed E-state index contributed by atoms with van der Waals surface area (Å²) in [5.74, 6) is 0.661. The van der Waals surface area contributed by atoms with Gasteiger partial charge < -0.3 is 9.30 Å². The van der Waals surface area contributed by atoms with Crippen molar-refractivity contribution in [1.82, 2.24) is 9.47 Å². The van der Waals surface area contributed by atoms with Gasteiger partial charge in [-0.2, -0.15) is 0 Å². The van der Waals surface area contributed by atoms with Gasteiger partial charge in [-0.25, -0.2) is 0 Å². The number of ether oxygens (including phenoxy) is 1. The van der Waals surface area contributed by atoms with Crippen LogP contribution in [0.3, 0.4) is 0 Å². The molecule has 0 amide bonds. The maximum Gasteiger partial charge on any atom is 0.0776 e. The average Bonchev–Trinajstić information content (AvgIpc) is 3.22. The molecule has 2 aliphatic rings. The SMILES string of the molecule is c1csc(CN2CCO[C@@H]3[C@H](Cn4cccc4)CC[C@@H]32)c1. The number of thiophene rings is 1. The van der Waals surface area contributed by atoms with Crippen molar-refractivity contribution in [1.29, 1.82) is 0 Å². The standard InChI is InChI=1S/C17H22N2OS/c1-2-8-18(7-1)12-14-5-6-16-17(14)20-10-9-19(16)13-15-4-3-11-21-15/h1-4,7-8,11,14,16-17H,5-6,9-10,12-13H2/t14-,16-,17+/m0/s1. The van der Waals surface area contributed by atoms with Gasteiger partial charge in [0.05, 0.1) is 12.7 Å². The van der Waals surface area contributed by atoms with E-state index in [1.807, 2.05) is 11.3 Å². The van der Waals surface area contributed by atoms with E-state index in [1.165, 1.54) is 17.7 Å². The van der Waals surface area contributed by atoms with Crippen molar-refractivity contribution in [3.05, 3.63) is 46.9 Å². The number of hydrogen-bond acceptors (Lipinski definition) is 3. The van der Waals surface area contributed by atoms with Crippen LogP contribution in [0.4, 0.5) is 0 Å². The first kappa shape index (κ1) is 13.6. The summed E-state index contributed by atoms with van der Waals surface area (Å²) in [4.78, 5) is 4.12. The fourth-order valence-electron chi connectivity index (χ4n) is 3.89. The Hall–Kier alpha value is -1.10. The molecule has 112 valence electrons. The smallest absolute Gasteiger partial charge is 0.0776 e. The van der Waals surface area contributed by atoms with Gasteiger partial charge in [0.2, 0.25) is 0 Å². The van der Waals surface area contributed by atoms with Gasteiger partial charge in [0, 0.05) is 48.9 Å². The Bertz CT molecular complexity index is 551. The maximum absolute atomic E-state index is 6.16. The van der Waals surface area contributed by atoms with Crippen molar-refractivity contribution in [3.63, 3.8) is 0 Å². The molecule has 1 saturated heterocycles. The van der Waals surface area contributed by atoms with Crippen LogP contribution in [-0.2, 0) is 17.8 Å². The van der Waals surface area contributed by atoms with Crippen LogP contribution < -0.4 is 0 Å². The van der Waals surface area contributed by atoms with Crippen molar-refractivity contribution < 1.29 is 4.74 Å². The van der Waals surface area contributed by atoms with Gasteiger partial charge in [-0.05, 0) is 36.4 Å². The van der Waals surface area contributed by atoms with E-state index in [0.29, 0.717) is 18.1 Å². The third-order valence-electron chi connectivity index (χ3n) is 4.89. The fourth-order valence-corrected chi connectivity index (χ4v) is 4.62. The van der Waals surface area contributed by atoms with Crippen molar-refractivity contribution in [2.45, 2.75) is 38.1 Å². The zero-order valence-electron chi connectivity index (χ0n) is 12.2. The Morgan fingerprint density at radius 1 is 1.19 bits per heavy atom. The molecule has 21 heavy (non-hydrogen) atoms. The highest BCUT2D eigenvalue weighted by Gasteiger charge is 2.42. The fraction of sp³-hybridized carbons (Fsp3) is 0.529. The summed E-state index contributed by atoms with van der Waals surface area (Å²) in [5.41, 5.74) is 0. The molecule has 3 heterocycles. The van der Waals surface area contributed by atoms with Gasteiger partial charge in [-0.15, -0.1) is 11.3 Å². The number of fused-ring (bicyclic) bond motifs is 1. The third kappa shape index (κ3) is 2.80. The van der Waals surface area contributed by atoms with Gasteiger partial charge in [-0.3, -0.25) is 4.90 Å². The molecule has 2 aromatic rings. The second kappa shape index (κ2) is 5.95. The first-order valence-corrected chi connectivity index (χ1v) is 8.77. The molecule has 4 heteroatoms. The Balaban J connectivity index is 1.44. The minimum Gasteiger partial charge on any atom is -0.375 e. The molecule has 0 unspecified atom stereocenters. The normalized spacial score (nSPS) is 29.6. The largest absolute Gasteiger partial charge is 0.375 e. The van der Waals surface area contributed by atoms with Crippen molar-refractivity contribution >= 4 is 11.3 Å². The van der Waals surface area contributed by atoms with Crippen LogP contribution in [-0.4, -0.2) is 34.8 Å². The van der Waals surface area contributed by atoms with Crippen molar-refractivity contribution in [2.75, 3.05) is 13.2 Å². The lowest BCUT2D eigenvalue weighted by Gasteiger charge is -2.39. The summed E-state index contributed by atoms with van der Waals surface area (Å²) in [6.07, 6.45) is 7.32. The van der Waals surface area contributed by atoms with E-state index >= 15 is 0 Å². The summed E-state index contributed by atoms with van der Waals surface area (Å²) < 4.78 is 8.46. The Kier molecular flexibility index (Phi) is 3.84. The predicted octanol–water partition coefficient (Wildman–Crippen LogP) is 3.23. The first-order chi connectivity index (χ1) is 10.4. The molecule has 3 atom stereocenters. The summed E-state index contributed by atoms with van der Waals surface area (Å²) >= 11 is 1.87. The van der Waals surface area contributed by atoms with Gasteiger partial charge in [0.25, 0.3) is 0 Å². The highest BCUT2D eigenvalue weighted by Crippen LogP contribution is 2.36. The lowest BCUT2D eigenvalue weighted by atomic mass is 10.0. The van der Waals surface area contributed by atoms with Crippen LogP contribution in [0.1, 0.15) is 17.7 Å². The van der Waals surface area contributed by atoms with Crippen LogP contribution in [0.25, 0.3) is 0 Å². The number of nitrogens with zero attached hydrogens (tertiary/aromatic N) is 2. The van der Waals surface area contributed by atoms with Gasteiger partial charge in [0.1, 0.15) is 0 Å². The van der Waals surface area contributed by atoms with Crippen LogP contribution >= 0.6 is 11.3 Å².